The molecule has 106 valence electrons. The molecule has 4 nitrogen and oxygen atoms in total. The first-order valence-corrected chi connectivity index (χ1v) is 6.80. The van der Waals surface area contributed by atoms with Gasteiger partial charge in [0.2, 0.25) is 0 Å². The zero-order valence-electron chi connectivity index (χ0n) is 11.8. The topological polar surface area (TPSA) is 41.9 Å². The molecule has 1 aliphatic heterocycles. The summed E-state index contributed by atoms with van der Waals surface area (Å²) in [4.78, 5) is 2.25. The second-order valence-electron chi connectivity index (χ2n) is 5.19. The monoisotopic (exact) mass is 265 g/mol. The van der Waals surface area contributed by atoms with Crippen molar-refractivity contribution in [2.45, 2.75) is 25.5 Å². The molecule has 0 radical (unpaired) electrons. The second-order valence-corrected chi connectivity index (χ2v) is 5.19. The van der Waals surface area contributed by atoms with Gasteiger partial charge in [0.15, 0.2) is 0 Å². The van der Waals surface area contributed by atoms with Crippen molar-refractivity contribution in [2.24, 2.45) is 0 Å². The van der Waals surface area contributed by atoms with E-state index in [9.17, 15) is 5.11 Å². The number of hydrogen-bond donors (Lipinski definition) is 1. The summed E-state index contributed by atoms with van der Waals surface area (Å²) in [5.41, 5.74) is 0.504. The normalized spacial score (nSPS) is 25.0. The Hall–Kier alpha value is -1.10. The molecule has 0 aromatic heterocycles. The van der Waals surface area contributed by atoms with Gasteiger partial charge in [-0.2, -0.15) is 0 Å². The minimum Gasteiger partial charge on any atom is -0.497 e. The summed E-state index contributed by atoms with van der Waals surface area (Å²) in [5.74, 6) is 0.869. The highest BCUT2D eigenvalue weighted by atomic mass is 16.5. The average Bonchev–Trinajstić information content (AvgIpc) is 2.62. The molecule has 0 spiro atoms. The number of benzene rings is 1. The first-order chi connectivity index (χ1) is 9.15. The highest BCUT2D eigenvalue weighted by Gasteiger charge is 2.30. The number of β-amino-alcohol motifs (C(OH)–C–C–N with tert-alkyl or cyclic N) is 1. The number of aliphatic hydroxyl groups is 1. The third-order valence-corrected chi connectivity index (χ3v) is 3.66. The molecule has 19 heavy (non-hydrogen) atoms. The lowest BCUT2D eigenvalue weighted by molar-refractivity contribution is -0.0394. The van der Waals surface area contributed by atoms with E-state index in [1.54, 1.807) is 7.11 Å². The summed E-state index contributed by atoms with van der Waals surface area (Å²) in [6, 6.07) is 8.07. The molecule has 1 atom stereocenters. The minimum atomic E-state index is -0.719. The third kappa shape index (κ3) is 3.93. The zero-order chi connectivity index (χ0) is 13.7. The van der Waals surface area contributed by atoms with Gasteiger partial charge in [0, 0.05) is 19.6 Å². The van der Waals surface area contributed by atoms with Crippen LogP contribution >= 0.6 is 0 Å². The van der Waals surface area contributed by atoms with Gasteiger partial charge < -0.3 is 14.6 Å². The van der Waals surface area contributed by atoms with Gasteiger partial charge >= 0.3 is 0 Å². The summed E-state index contributed by atoms with van der Waals surface area (Å²) in [7, 11) is 1.67. The molecular formula is C15H23NO3. The van der Waals surface area contributed by atoms with Crippen LogP contribution in [0.25, 0.3) is 0 Å². The van der Waals surface area contributed by atoms with Gasteiger partial charge in [-0.25, -0.2) is 0 Å². The van der Waals surface area contributed by atoms with E-state index >= 15 is 0 Å². The molecule has 0 amide bonds. The standard InChI is InChI=1S/C15H23NO3/c1-3-15(17)11-16(8-9-19-12-15)10-13-4-6-14(18-2)7-5-13/h4-7,17H,3,8-12H2,1-2H3. The molecule has 1 unspecified atom stereocenters. The van der Waals surface area contributed by atoms with E-state index in [1.165, 1.54) is 5.56 Å². The first kappa shape index (κ1) is 14.3. The van der Waals surface area contributed by atoms with E-state index in [1.807, 2.05) is 19.1 Å². The predicted molar refractivity (Wildman–Crippen MR) is 74.3 cm³/mol. The average molecular weight is 265 g/mol. The van der Waals surface area contributed by atoms with Gasteiger partial charge in [-0.15, -0.1) is 0 Å². The number of nitrogens with zero attached hydrogens (tertiary/aromatic N) is 1. The largest absolute Gasteiger partial charge is 0.497 e. The van der Waals surface area contributed by atoms with Crippen LogP contribution in [0.15, 0.2) is 24.3 Å². The third-order valence-electron chi connectivity index (χ3n) is 3.66. The molecule has 1 aromatic rings. The summed E-state index contributed by atoms with van der Waals surface area (Å²) >= 11 is 0. The quantitative estimate of drug-likeness (QED) is 0.899. The first-order valence-electron chi connectivity index (χ1n) is 6.80. The van der Waals surface area contributed by atoms with Crippen LogP contribution in [0.2, 0.25) is 0 Å². The summed E-state index contributed by atoms with van der Waals surface area (Å²) in [5, 5.41) is 10.4. The van der Waals surface area contributed by atoms with E-state index in [-0.39, 0.29) is 0 Å². The van der Waals surface area contributed by atoms with Crippen molar-refractivity contribution in [2.75, 3.05) is 33.4 Å². The smallest absolute Gasteiger partial charge is 0.118 e. The Labute approximate surface area is 114 Å². The Morgan fingerprint density at radius 2 is 2.11 bits per heavy atom. The molecule has 1 aliphatic rings. The van der Waals surface area contributed by atoms with Crippen molar-refractivity contribution in [3.63, 3.8) is 0 Å². The molecule has 0 bridgehead atoms. The van der Waals surface area contributed by atoms with Crippen molar-refractivity contribution in [3.05, 3.63) is 29.8 Å². The van der Waals surface area contributed by atoms with Gasteiger partial charge in [-0.1, -0.05) is 19.1 Å². The maximum atomic E-state index is 10.4. The van der Waals surface area contributed by atoms with Gasteiger partial charge in [-0.3, -0.25) is 4.90 Å². The maximum absolute atomic E-state index is 10.4. The minimum absolute atomic E-state index is 0.433. The second kappa shape index (κ2) is 6.37. The lowest BCUT2D eigenvalue weighted by atomic mass is 10.0. The van der Waals surface area contributed by atoms with Crippen LogP contribution in [-0.4, -0.2) is 49.0 Å². The summed E-state index contributed by atoms with van der Waals surface area (Å²) in [6.07, 6.45) is 0.714. The van der Waals surface area contributed by atoms with Crippen LogP contribution in [0.4, 0.5) is 0 Å². The number of ether oxygens (including phenoxy) is 2. The van der Waals surface area contributed by atoms with Crippen LogP contribution in [0.5, 0.6) is 5.75 Å². The summed E-state index contributed by atoms with van der Waals surface area (Å²) in [6.45, 7) is 5.46. The highest BCUT2D eigenvalue weighted by Crippen LogP contribution is 2.19. The molecule has 1 saturated heterocycles. The van der Waals surface area contributed by atoms with E-state index in [4.69, 9.17) is 9.47 Å². The zero-order valence-corrected chi connectivity index (χ0v) is 11.8. The van der Waals surface area contributed by atoms with E-state index in [0.717, 1.165) is 18.8 Å². The Morgan fingerprint density at radius 3 is 2.74 bits per heavy atom. The van der Waals surface area contributed by atoms with Crippen LogP contribution in [0.1, 0.15) is 18.9 Å². The Morgan fingerprint density at radius 1 is 1.37 bits per heavy atom. The molecule has 0 saturated carbocycles. The predicted octanol–water partition coefficient (Wildman–Crippen LogP) is 1.67. The molecule has 2 rings (SSSR count). The molecule has 1 N–H and O–H groups in total. The van der Waals surface area contributed by atoms with E-state index < -0.39 is 5.60 Å². The van der Waals surface area contributed by atoms with Gasteiger partial charge in [0.25, 0.3) is 0 Å². The van der Waals surface area contributed by atoms with Crippen molar-refractivity contribution < 1.29 is 14.6 Å². The fourth-order valence-electron chi connectivity index (χ4n) is 2.33. The molecule has 4 heteroatoms. The Bertz CT molecular complexity index is 393. The lowest BCUT2D eigenvalue weighted by Crippen LogP contribution is -2.43. The molecule has 1 aromatic carbocycles. The highest BCUT2D eigenvalue weighted by molar-refractivity contribution is 5.27. The number of methoxy groups -OCH3 is 1. The van der Waals surface area contributed by atoms with E-state index in [0.29, 0.717) is 26.2 Å². The van der Waals surface area contributed by atoms with Crippen molar-refractivity contribution >= 4 is 0 Å². The van der Waals surface area contributed by atoms with Crippen molar-refractivity contribution in [3.8, 4) is 5.75 Å². The Kier molecular flexibility index (Phi) is 4.80. The summed E-state index contributed by atoms with van der Waals surface area (Å²) < 4.78 is 10.6. The number of rotatable bonds is 4. The van der Waals surface area contributed by atoms with Crippen LogP contribution in [0, 0.1) is 0 Å². The molecular weight excluding hydrogens is 242 g/mol. The fourth-order valence-corrected chi connectivity index (χ4v) is 2.33. The van der Waals surface area contributed by atoms with Crippen molar-refractivity contribution in [1.29, 1.82) is 0 Å². The number of hydrogen-bond acceptors (Lipinski definition) is 4. The lowest BCUT2D eigenvalue weighted by Gasteiger charge is -2.29. The van der Waals surface area contributed by atoms with Crippen molar-refractivity contribution in [1.82, 2.24) is 4.90 Å². The van der Waals surface area contributed by atoms with Crippen LogP contribution in [0.3, 0.4) is 0 Å². The van der Waals surface area contributed by atoms with Gasteiger partial charge in [0.1, 0.15) is 11.4 Å². The molecule has 1 fully saturated rings. The fraction of sp³-hybridized carbons (Fsp3) is 0.600. The van der Waals surface area contributed by atoms with Gasteiger partial charge in [-0.05, 0) is 24.1 Å². The SMILES string of the molecule is CCC1(O)COCCN(Cc2ccc(OC)cc2)C1. The Balaban J connectivity index is 2.00. The molecule has 0 aliphatic carbocycles. The van der Waals surface area contributed by atoms with Crippen LogP contribution in [-0.2, 0) is 11.3 Å². The molecule has 1 heterocycles. The maximum Gasteiger partial charge on any atom is 0.118 e. The van der Waals surface area contributed by atoms with Gasteiger partial charge in [0.05, 0.1) is 20.3 Å². The van der Waals surface area contributed by atoms with E-state index in [2.05, 4.69) is 17.0 Å². The van der Waals surface area contributed by atoms with Crippen LogP contribution < -0.4 is 4.74 Å².